The lowest BCUT2D eigenvalue weighted by Gasteiger charge is -2.10. The van der Waals surface area contributed by atoms with Crippen LogP contribution in [0.2, 0.25) is 0 Å². The van der Waals surface area contributed by atoms with Gasteiger partial charge in [0.25, 0.3) is 0 Å². The molecule has 1 N–H and O–H groups in total. The molecule has 0 aliphatic heterocycles. The van der Waals surface area contributed by atoms with Crippen LogP contribution in [0.15, 0.2) is 36.4 Å². The number of fused-ring (bicyclic) bond motifs is 1. The number of hydrogen-bond donors (Lipinski definition) is 1. The Morgan fingerprint density at radius 2 is 1.32 bits per heavy atom. The summed E-state index contributed by atoms with van der Waals surface area (Å²) in [4.78, 5) is 9.35. The minimum absolute atomic E-state index is 0.443. The molecule has 0 spiro atoms. The topological polar surface area (TPSA) is 46.5 Å². The molecular weight excluding hydrogens is 367 g/mol. The molecule has 0 heterocycles. The molecule has 1 atom stereocenters. The van der Waals surface area contributed by atoms with Crippen LogP contribution in [0.3, 0.4) is 0 Å². The Morgan fingerprint density at radius 1 is 0.786 bits per heavy atom. The molecular formula is C24H37O3P. The van der Waals surface area contributed by atoms with Gasteiger partial charge >= 0.3 is 7.60 Å². The predicted molar refractivity (Wildman–Crippen MR) is 120 cm³/mol. The average molecular weight is 405 g/mol. The molecule has 2 rings (SSSR count). The van der Waals surface area contributed by atoms with Crippen LogP contribution < -0.4 is 4.52 Å². The lowest BCUT2D eigenvalue weighted by Crippen LogP contribution is -1.90. The molecule has 0 fully saturated rings. The summed E-state index contributed by atoms with van der Waals surface area (Å²) >= 11 is 0. The van der Waals surface area contributed by atoms with Gasteiger partial charge in [-0.1, -0.05) is 95.4 Å². The highest BCUT2D eigenvalue weighted by Gasteiger charge is 2.12. The Morgan fingerprint density at radius 3 is 1.93 bits per heavy atom. The molecule has 4 heteroatoms. The number of hydrogen-bond acceptors (Lipinski definition) is 2. The lowest BCUT2D eigenvalue weighted by atomic mass is 10.0. The molecule has 0 aliphatic carbocycles. The van der Waals surface area contributed by atoms with Gasteiger partial charge in [0.15, 0.2) is 0 Å². The average Bonchev–Trinajstić information content (AvgIpc) is 2.65. The second-order valence-electron chi connectivity index (χ2n) is 8.02. The summed E-state index contributed by atoms with van der Waals surface area (Å²) in [6.07, 6.45) is 16.2. The third-order valence-electron chi connectivity index (χ3n) is 5.22. The van der Waals surface area contributed by atoms with E-state index in [1.54, 1.807) is 6.07 Å². The quantitative estimate of drug-likeness (QED) is 0.257. The molecule has 2 aromatic carbocycles. The van der Waals surface area contributed by atoms with Crippen LogP contribution in [0.5, 0.6) is 5.75 Å². The fraction of sp³-hybridized carbons (Fsp3) is 0.583. The van der Waals surface area contributed by atoms with Crippen molar-refractivity contribution in [1.29, 1.82) is 0 Å². The maximum atomic E-state index is 11.4. The highest BCUT2D eigenvalue weighted by Crippen LogP contribution is 2.39. The summed E-state index contributed by atoms with van der Waals surface area (Å²) in [5, 5.41) is 2.19. The van der Waals surface area contributed by atoms with E-state index in [1.165, 1.54) is 82.9 Å². The molecule has 0 saturated carbocycles. The zero-order valence-corrected chi connectivity index (χ0v) is 18.6. The first-order chi connectivity index (χ1) is 13.5. The highest BCUT2D eigenvalue weighted by molar-refractivity contribution is 7.52. The first kappa shape index (κ1) is 23.0. The zero-order chi connectivity index (χ0) is 20.2. The first-order valence-corrected chi connectivity index (χ1v) is 13.0. The third kappa shape index (κ3) is 9.26. The highest BCUT2D eigenvalue weighted by atomic mass is 31.2. The summed E-state index contributed by atoms with van der Waals surface area (Å²) in [5.41, 5.74) is 1.36. The van der Waals surface area contributed by atoms with Crippen LogP contribution in [0.25, 0.3) is 10.8 Å². The Balaban J connectivity index is 1.65. The van der Waals surface area contributed by atoms with Crippen molar-refractivity contribution in [1.82, 2.24) is 0 Å². The van der Waals surface area contributed by atoms with Gasteiger partial charge in [0.2, 0.25) is 0 Å². The van der Waals surface area contributed by atoms with E-state index in [0.717, 1.165) is 17.2 Å². The SMILES string of the molecule is CCCCCCCCCCCCCc1ccc2cc(OP(C)(=O)O)ccc2c1. The zero-order valence-electron chi connectivity index (χ0n) is 17.7. The molecule has 3 nitrogen and oxygen atoms in total. The second-order valence-corrected chi connectivity index (χ2v) is 9.81. The maximum Gasteiger partial charge on any atom is 0.373 e. The van der Waals surface area contributed by atoms with Crippen molar-refractivity contribution in [2.24, 2.45) is 0 Å². The van der Waals surface area contributed by atoms with Crippen molar-refractivity contribution < 1.29 is 14.0 Å². The van der Waals surface area contributed by atoms with Gasteiger partial charge in [-0.3, -0.25) is 0 Å². The minimum atomic E-state index is -3.51. The van der Waals surface area contributed by atoms with Crippen molar-refractivity contribution in [2.75, 3.05) is 6.66 Å². The van der Waals surface area contributed by atoms with Crippen LogP contribution in [0, 0.1) is 0 Å². The lowest BCUT2D eigenvalue weighted by molar-refractivity contribution is 0.388. The van der Waals surface area contributed by atoms with Gasteiger partial charge in [-0.15, -0.1) is 0 Å². The van der Waals surface area contributed by atoms with E-state index in [4.69, 9.17) is 4.52 Å². The van der Waals surface area contributed by atoms with E-state index in [-0.39, 0.29) is 0 Å². The van der Waals surface area contributed by atoms with Crippen LogP contribution in [0.1, 0.15) is 83.1 Å². The number of unbranched alkanes of at least 4 members (excludes halogenated alkanes) is 10. The molecule has 0 amide bonds. The van der Waals surface area contributed by atoms with Crippen molar-refractivity contribution in [3.63, 3.8) is 0 Å². The molecule has 0 saturated heterocycles. The van der Waals surface area contributed by atoms with Crippen molar-refractivity contribution in [3.8, 4) is 5.75 Å². The number of rotatable bonds is 14. The van der Waals surface area contributed by atoms with E-state index in [1.807, 2.05) is 12.1 Å². The van der Waals surface area contributed by atoms with E-state index in [0.29, 0.717) is 5.75 Å². The Labute approximate surface area is 171 Å². The largest absolute Gasteiger partial charge is 0.425 e. The van der Waals surface area contributed by atoms with Gasteiger partial charge in [0.1, 0.15) is 5.75 Å². The summed E-state index contributed by atoms with van der Waals surface area (Å²) in [7, 11) is -3.51. The summed E-state index contributed by atoms with van der Waals surface area (Å²) in [5.74, 6) is 0.443. The molecule has 2 aromatic rings. The third-order valence-corrected chi connectivity index (χ3v) is 5.77. The van der Waals surface area contributed by atoms with Crippen LogP contribution in [-0.2, 0) is 11.0 Å². The van der Waals surface area contributed by atoms with Crippen LogP contribution in [-0.4, -0.2) is 11.6 Å². The normalized spacial score (nSPS) is 13.5. The molecule has 156 valence electrons. The second kappa shape index (κ2) is 12.3. The van der Waals surface area contributed by atoms with Crippen molar-refractivity contribution >= 4 is 18.4 Å². The monoisotopic (exact) mass is 404 g/mol. The Hall–Kier alpha value is -1.31. The molecule has 1 unspecified atom stereocenters. The van der Waals surface area contributed by atoms with E-state index in [2.05, 4.69) is 25.1 Å². The van der Waals surface area contributed by atoms with Gasteiger partial charge in [0, 0.05) is 6.66 Å². The van der Waals surface area contributed by atoms with Crippen LogP contribution >= 0.6 is 7.60 Å². The molecule has 28 heavy (non-hydrogen) atoms. The molecule has 0 aromatic heterocycles. The molecule has 0 radical (unpaired) electrons. The summed E-state index contributed by atoms with van der Waals surface area (Å²) in [6, 6.07) is 12.0. The summed E-state index contributed by atoms with van der Waals surface area (Å²) < 4.78 is 16.5. The van der Waals surface area contributed by atoms with Crippen LogP contribution in [0.4, 0.5) is 0 Å². The first-order valence-electron chi connectivity index (χ1n) is 11.0. The van der Waals surface area contributed by atoms with E-state index < -0.39 is 7.60 Å². The smallest absolute Gasteiger partial charge is 0.373 e. The fourth-order valence-electron chi connectivity index (χ4n) is 3.67. The maximum absolute atomic E-state index is 11.4. The van der Waals surface area contributed by atoms with Crippen molar-refractivity contribution in [2.45, 2.75) is 84.0 Å². The van der Waals surface area contributed by atoms with Gasteiger partial charge in [-0.05, 0) is 41.3 Å². The standard InChI is InChI=1S/C24H37O3P/c1-3-4-5-6-7-8-9-10-11-12-13-14-21-15-16-23-20-24(27-28(2,25)26)18-17-22(23)19-21/h15-20H,3-14H2,1-2H3,(H,25,26). The van der Waals surface area contributed by atoms with E-state index >= 15 is 0 Å². The molecule has 0 aliphatic rings. The number of aryl methyl sites for hydroxylation is 1. The molecule has 0 bridgehead atoms. The number of benzene rings is 2. The predicted octanol–water partition coefficient (Wildman–Crippen LogP) is 7.89. The minimum Gasteiger partial charge on any atom is -0.425 e. The fourth-order valence-corrected chi connectivity index (χ4v) is 4.18. The Kier molecular flexibility index (Phi) is 10.1. The van der Waals surface area contributed by atoms with Gasteiger partial charge < -0.3 is 9.42 Å². The Bertz CT molecular complexity index is 751. The van der Waals surface area contributed by atoms with Gasteiger partial charge in [0.05, 0.1) is 0 Å². The van der Waals surface area contributed by atoms with Gasteiger partial charge in [-0.25, -0.2) is 4.57 Å². The van der Waals surface area contributed by atoms with E-state index in [9.17, 15) is 9.46 Å². The van der Waals surface area contributed by atoms with Gasteiger partial charge in [-0.2, -0.15) is 0 Å². The summed E-state index contributed by atoms with van der Waals surface area (Å²) in [6.45, 7) is 3.47. The van der Waals surface area contributed by atoms with Crippen molar-refractivity contribution in [3.05, 3.63) is 42.0 Å².